The van der Waals surface area contributed by atoms with Gasteiger partial charge >= 0.3 is 0 Å². The van der Waals surface area contributed by atoms with Crippen LogP contribution < -0.4 is 5.32 Å². The number of halogens is 2. The summed E-state index contributed by atoms with van der Waals surface area (Å²) in [5.74, 6) is -0.993. The van der Waals surface area contributed by atoms with Gasteiger partial charge in [-0.25, -0.2) is 9.37 Å². The summed E-state index contributed by atoms with van der Waals surface area (Å²) in [6.07, 6.45) is 0. The lowest BCUT2D eigenvalue weighted by atomic mass is 10.2. The largest absolute Gasteiger partial charge is 0.345 e. The van der Waals surface area contributed by atoms with Crippen molar-refractivity contribution in [3.8, 4) is 0 Å². The normalized spacial score (nSPS) is 10.8. The van der Waals surface area contributed by atoms with Crippen LogP contribution in [0.5, 0.6) is 0 Å². The molecule has 106 valence electrons. The second kappa shape index (κ2) is 5.91. The molecule has 1 heterocycles. The molecular weight excluding hydrogens is 355 g/mol. The Morgan fingerprint density at radius 3 is 2.90 bits per heavy atom. The lowest BCUT2D eigenvalue weighted by Gasteiger charge is -2.04. The number of carbonyl (C=O) groups is 1. The predicted octanol–water partition coefficient (Wildman–Crippen LogP) is 4.13. The first-order valence-electron chi connectivity index (χ1n) is 6.21. The number of thiazole rings is 1. The third-order valence-corrected chi connectivity index (χ3v) is 4.44. The van der Waals surface area contributed by atoms with Crippen molar-refractivity contribution >= 4 is 43.4 Å². The van der Waals surface area contributed by atoms with Crippen molar-refractivity contribution in [2.75, 3.05) is 0 Å². The summed E-state index contributed by atoms with van der Waals surface area (Å²) < 4.78 is 15.3. The molecular formula is C15H10BrFN2OS. The van der Waals surface area contributed by atoms with Gasteiger partial charge < -0.3 is 5.32 Å². The number of nitrogens with one attached hydrogen (secondary N) is 1. The standard InChI is InChI=1S/C15H10BrFN2OS/c16-9-5-6-11(17)10(7-9)15(20)18-8-14-19-12-3-1-2-4-13(12)21-14/h1-7H,8H2,(H,18,20). The highest BCUT2D eigenvalue weighted by Gasteiger charge is 2.12. The van der Waals surface area contributed by atoms with Gasteiger partial charge in [-0.05, 0) is 30.3 Å². The summed E-state index contributed by atoms with van der Waals surface area (Å²) in [5, 5.41) is 3.48. The van der Waals surface area contributed by atoms with Gasteiger partial charge in [-0.15, -0.1) is 11.3 Å². The molecule has 0 bridgehead atoms. The Bertz CT molecular complexity index is 785. The molecule has 0 unspecified atom stereocenters. The number of hydrogen-bond acceptors (Lipinski definition) is 3. The summed E-state index contributed by atoms with van der Waals surface area (Å²) in [6.45, 7) is 0.282. The Labute approximate surface area is 133 Å². The number of carbonyl (C=O) groups excluding carboxylic acids is 1. The number of nitrogens with zero attached hydrogens (tertiary/aromatic N) is 1. The lowest BCUT2D eigenvalue weighted by molar-refractivity contribution is 0.0947. The fraction of sp³-hybridized carbons (Fsp3) is 0.0667. The number of fused-ring (bicyclic) bond motifs is 1. The highest BCUT2D eigenvalue weighted by molar-refractivity contribution is 9.10. The van der Waals surface area contributed by atoms with Crippen molar-refractivity contribution in [1.29, 1.82) is 0 Å². The second-order valence-electron chi connectivity index (χ2n) is 4.38. The van der Waals surface area contributed by atoms with Gasteiger partial charge in [-0.1, -0.05) is 28.1 Å². The highest BCUT2D eigenvalue weighted by Crippen LogP contribution is 2.21. The molecule has 6 heteroatoms. The topological polar surface area (TPSA) is 42.0 Å². The van der Waals surface area contributed by atoms with Gasteiger partial charge in [0.15, 0.2) is 0 Å². The number of amides is 1. The average Bonchev–Trinajstić information content (AvgIpc) is 2.90. The van der Waals surface area contributed by atoms with Crippen LogP contribution in [0.3, 0.4) is 0 Å². The van der Waals surface area contributed by atoms with Crippen LogP contribution >= 0.6 is 27.3 Å². The van der Waals surface area contributed by atoms with Crippen LogP contribution in [0.1, 0.15) is 15.4 Å². The summed E-state index contributed by atoms with van der Waals surface area (Å²) in [4.78, 5) is 16.4. The summed E-state index contributed by atoms with van der Waals surface area (Å²) >= 11 is 4.74. The van der Waals surface area contributed by atoms with Gasteiger partial charge in [0, 0.05) is 4.47 Å². The minimum atomic E-state index is -0.542. The lowest BCUT2D eigenvalue weighted by Crippen LogP contribution is -2.23. The first-order valence-corrected chi connectivity index (χ1v) is 7.82. The predicted molar refractivity (Wildman–Crippen MR) is 84.9 cm³/mol. The first-order chi connectivity index (χ1) is 10.1. The number of rotatable bonds is 3. The molecule has 2 aromatic carbocycles. The molecule has 0 aliphatic carbocycles. The zero-order chi connectivity index (χ0) is 14.8. The van der Waals surface area contributed by atoms with Crippen LogP contribution in [0.25, 0.3) is 10.2 Å². The molecule has 3 nitrogen and oxygen atoms in total. The van der Waals surface area contributed by atoms with E-state index in [-0.39, 0.29) is 12.1 Å². The van der Waals surface area contributed by atoms with Crippen molar-refractivity contribution in [3.05, 3.63) is 63.3 Å². The minimum absolute atomic E-state index is 0.0190. The fourth-order valence-electron chi connectivity index (χ4n) is 1.92. The van der Waals surface area contributed by atoms with E-state index in [1.54, 1.807) is 6.07 Å². The van der Waals surface area contributed by atoms with Crippen LogP contribution in [0.4, 0.5) is 4.39 Å². The SMILES string of the molecule is O=C(NCc1nc2ccccc2s1)c1cc(Br)ccc1F. The molecule has 0 radical (unpaired) electrons. The van der Waals surface area contributed by atoms with Gasteiger partial charge in [0.05, 0.1) is 22.3 Å². The second-order valence-corrected chi connectivity index (χ2v) is 6.41. The summed E-state index contributed by atoms with van der Waals surface area (Å²) in [5.41, 5.74) is 0.922. The monoisotopic (exact) mass is 364 g/mol. The van der Waals surface area contributed by atoms with Gasteiger partial charge in [0.1, 0.15) is 10.8 Å². The molecule has 1 amide bonds. The zero-order valence-electron chi connectivity index (χ0n) is 10.8. The smallest absolute Gasteiger partial charge is 0.254 e. The quantitative estimate of drug-likeness (QED) is 0.759. The van der Waals surface area contributed by atoms with Gasteiger partial charge in [0.25, 0.3) is 5.91 Å². The van der Waals surface area contributed by atoms with Crippen LogP contribution in [-0.2, 0) is 6.54 Å². The fourth-order valence-corrected chi connectivity index (χ4v) is 3.19. The van der Waals surface area contributed by atoms with E-state index in [0.29, 0.717) is 4.47 Å². The Morgan fingerprint density at radius 1 is 1.29 bits per heavy atom. The molecule has 0 aliphatic rings. The maximum atomic E-state index is 13.6. The molecule has 3 aromatic rings. The molecule has 21 heavy (non-hydrogen) atoms. The number of para-hydroxylation sites is 1. The third-order valence-electron chi connectivity index (χ3n) is 2.91. The molecule has 1 aromatic heterocycles. The zero-order valence-corrected chi connectivity index (χ0v) is 13.2. The minimum Gasteiger partial charge on any atom is -0.345 e. The van der Waals surface area contributed by atoms with Crippen molar-refractivity contribution in [1.82, 2.24) is 10.3 Å². The number of aromatic nitrogens is 1. The molecule has 0 aliphatic heterocycles. The maximum absolute atomic E-state index is 13.6. The number of hydrogen-bond donors (Lipinski definition) is 1. The van der Waals surface area contributed by atoms with Gasteiger partial charge in [-0.2, -0.15) is 0 Å². The van der Waals surface area contributed by atoms with E-state index in [1.807, 2.05) is 24.3 Å². The maximum Gasteiger partial charge on any atom is 0.254 e. The first kappa shape index (κ1) is 14.2. The van der Waals surface area contributed by atoms with Crippen LogP contribution in [0, 0.1) is 5.82 Å². The van der Waals surface area contributed by atoms with Crippen molar-refractivity contribution in [2.45, 2.75) is 6.54 Å². The van der Waals surface area contributed by atoms with Crippen molar-refractivity contribution in [3.63, 3.8) is 0 Å². The van der Waals surface area contributed by atoms with E-state index < -0.39 is 11.7 Å². The Morgan fingerprint density at radius 2 is 2.10 bits per heavy atom. The van der Waals surface area contributed by atoms with Crippen molar-refractivity contribution < 1.29 is 9.18 Å². The van der Waals surface area contributed by atoms with Crippen LogP contribution in [0.2, 0.25) is 0 Å². The molecule has 0 atom stereocenters. The van der Waals surface area contributed by atoms with Crippen LogP contribution in [-0.4, -0.2) is 10.9 Å². The number of benzene rings is 2. The molecule has 3 rings (SSSR count). The van der Waals surface area contributed by atoms with E-state index in [4.69, 9.17) is 0 Å². The van der Waals surface area contributed by atoms with E-state index in [2.05, 4.69) is 26.2 Å². The summed E-state index contributed by atoms with van der Waals surface area (Å²) in [7, 11) is 0. The summed E-state index contributed by atoms with van der Waals surface area (Å²) in [6, 6.07) is 12.0. The van der Waals surface area contributed by atoms with Crippen LogP contribution in [0.15, 0.2) is 46.9 Å². The third kappa shape index (κ3) is 3.11. The van der Waals surface area contributed by atoms with E-state index in [0.717, 1.165) is 15.2 Å². The van der Waals surface area contributed by atoms with Gasteiger partial charge in [-0.3, -0.25) is 4.79 Å². The Kier molecular flexibility index (Phi) is 3.98. The Balaban J connectivity index is 1.74. The van der Waals surface area contributed by atoms with E-state index in [9.17, 15) is 9.18 Å². The molecule has 1 N–H and O–H groups in total. The average molecular weight is 365 g/mol. The Hall–Kier alpha value is -1.79. The molecule has 0 fully saturated rings. The van der Waals surface area contributed by atoms with E-state index >= 15 is 0 Å². The molecule has 0 saturated carbocycles. The van der Waals surface area contributed by atoms with Gasteiger partial charge in [0.2, 0.25) is 0 Å². The molecule has 0 saturated heterocycles. The molecule has 0 spiro atoms. The van der Waals surface area contributed by atoms with Crippen molar-refractivity contribution in [2.24, 2.45) is 0 Å². The highest BCUT2D eigenvalue weighted by atomic mass is 79.9. The van der Waals surface area contributed by atoms with E-state index in [1.165, 1.54) is 23.5 Å².